The molecule has 0 unspecified atom stereocenters. The molecule has 34 heavy (non-hydrogen) atoms. The average Bonchev–Trinajstić information content (AvgIpc) is 3.36. The Balaban J connectivity index is 1.51. The summed E-state index contributed by atoms with van der Waals surface area (Å²) in [5.74, 6) is -0.530. The number of amides is 1. The van der Waals surface area contributed by atoms with E-state index in [-0.39, 0.29) is 21.0 Å². The third kappa shape index (κ3) is 5.14. The van der Waals surface area contributed by atoms with Crippen molar-refractivity contribution in [1.82, 2.24) is 4.31 Å². The van der Waals surface area contributed by atoms with Crippen LogP contribution in [0.4, 0.5) is 11.4 Å². The monoisotopic (exact) mass is 499 g/mol. The van der Waals surface area contributed by atoms with E-state index in [9.17, 15) is 21.6 Å². The van der Waals surface area contributed by atoms with Gasteiger partial charge in [-0.1, -0.05) is 29.8 Å². The fourth-order valence-electron chi connectivity index (χ4n) is 3.68. The summed E-state index contributed by atoms with van der Waals surface area (Å²) in [4.78, 5) is 13.2. The van der Waals surface area contributed by atoms with Crippen molar-refractivity contribution in [2.24, 2.45) is 0 Å². The summed E-state index contributed by atoms with van der Waals surface area (Å²) in [5, 5.41) is 2.70. The fourth-order valence-corrected chi connectivity index (χ4v) is 6.27. The van der Waals surface area contributed by atoms with Gasteiger partial charge in [-0.05, 0) is 68.3 Å². The smallest absolute Gasteiger partial charge is 0.261 e. The van der Waals surface area contributed by atoms with Crippen molar-refractivity contribution in [3.05, 3.63) is 83.9 Å². The maximum absolute atomic E-state index is 12.9. The van der Waals surface area contributed by atoms with Crippen molar-refractivity contribution in [2.45, 2.75) is 29.6 Å². The number of carbonyl (C=O) groups excluding carboxylic acids is 1. The highest BCUT2D eigenvalue weighted by atomic mass is 32.2. The first-order valence-electron chi connectivity index (χ1n) is 10.8. The van der Waals surface area contributed by atoms with Gasteiger partial charge in [0.1, 0.15) is 0 Å². The topological polar surface area (TPSA) is 113 Å². The number of nitrogens with zero attached hydrogens (tertiary/aromatic N) is 1. The molecule has 0 bridgehead atoms. The summed E-state index contributed by atoms with van der Waals surface area (Å²) >= 11 is 0. The SMILES string of the molecule is Cc1ccc(S(=O)(=O)Nc2ccccc2C(=O)Nc2ccc(S(=O)(=O)N3CCCC3)cc2)cc1. The molecule has 0 aromatic heterocycles. The Morgan fingerprint density at radius 2 is 1.38 bits per heavy atom. The van der Waals surface area contributed by atoms with Gasteiger partial charge in [0.15, 0.2) is 0 Å². The quantitative estimate of drug-likeness (QED) is 0.513. The number of rotatable bonds is 7. The molecule has 0 radical (unpaired) electrons. The number of nitrogens with one attached hydrogen (secondary N) is 2. The lowest BCUT2D eigenvalue weighted by molar-refractivity contribution is 0.102. The highest BCUT2D eigenvalue weighted by Crippen LogP contribution is 2.24. The van der Waals surface area contributed by atoms with E-state index in [0.717, 1.165) is 18.4 Å². The molecular weight excluding hydrogens is 474 g/mol. The molecule has 3 aromatic carbocycles. The van der Waals surface area contributed by atoms with E-state index in [4.69, 9.17) is 0 Å². The highest BCUT2D eigenvalue weighted by molar-refractivity contribution is 7.92. The van der Waals surface area contributed by atoms with Crippen molar-refractivity contribution in [2.75, 3.05) is 23.1 Å². The first-order valence-corrected chi connectivity index (χ1v) is 13.7. The molecule has 0 aliphatic carbocycles. The lowest BCUT2D eigenvalue weighted by Crippen LogP contribution is -2.27. The van der Waals surface area contributed by atoms with E-state index >= 15 is 0 Å². The van der Waals surface area contributed by atoms with Crippen LogP contribution in [-0.4, -0.2) is 40.1 Å². The lowest BCUT2D eigenvalue weighted by atomic mass is 10.1. The molecule has 0 spiro atoms. The molecule has 1 heterocycles. The van der Waals surface area contributed by atoms with Gasteiger partial charge in [-0.25, -0.2) is 16.8 Å². The van der Waals surface area contributed by atoms with Gasteiger partial charge in [0.25, 0.3) is 15.9 Å². The number of hydrogen-bond acceptors (Lipinski definition) is 5. The van der Waals surface area contributed by atoms with Crippen molar-refractivity contribution in [1.29, 1.82) is 0 Å². The van der Waals surface area contributed by atoms with Crippen LogP contribution in [0.15, 0.2) is 82.6 Å². The molecule has 2 N–H and O–H groups in total. The van der Waals surface area contributed by atoms with E-state index in [1.54, 1.807) is 24.3 Å². The van der Waals surface area contributed by atoms with Crippen LogP contribution in [0, 0.1) is 6.92 Å². The van der Waals surface area contributed by atoms with Crippen molar-refractivity contribution in [3.63, 3.8) is 0 Å². The molecule has 1 amide bonds. The predicted octanol–water partition coefficient (Wildman–Crippen LogP) is 3.83. The maximum Gasteiger partial charge on any atom is 0.261 e. The molecule has 10 heteroatoms. The van der Waals surface area contributed by atoms with Gasteiger partial charge in [0.2, 0.25) is 10.0 Å². The second-order valence-electron chi connectivity index (χ2n) is 8.05. The van der Waals surface area contributed by atoms with Crippen LogP contribution in [0.2, 0.25) is 0 Å². The van der Waals surface area contributed by atoms with Gasteiger partial charge < -0.3 is 5.32 Å². The van der Waals surface area contributed by atoms with Gasteiger partial charge >= 0.3 is 0 Å². The van der Waals surface area contributed by atoms with Crippen molar-refractivity contribution < 1.29 is 21.6 Å². The summed E-state index contributed by atoms with van der Waals surface area (Å²) < 4.78 is 54.8. The zero-order valence-corrected chi connectivity index (χ0v) is 20.2. The number of carbonyl (C=O) groups is 1. The van der Waals surface area contributed by atoms with E-state index in [1.165, 1.54) is 52.8 Å². The van der Waals surface area contributed by atoms with Gasteiger partial charge in [-0.2, -0.15) is 4.31 Å². The lowest BCUT2D eigenvalue weighted by Gasteiger charge is -2.16. The van der Waals surface area contributed by atoms with E-state index < -0.39 is 26.0 Å². The Morgan fingerprint density at radius 3 is 2.03 bits per heavy atom. The van der Waals surface area contributed by atoms with Crippen LogP contribution < -0.4 is 10.0 Å². The van der Waals surface area contributed by atoms with Crippen LogP contribution in [-0.2, 0) is 20.0 Å². The molecule has 0 atom stereocenters. The number of anilines is 2. The predicted molar refractivity (Wildman–Crippen MR) is 131 cm³/mol. The standard InChI is InChI=1S/C24H25N3O5S2/c1-18-8-12-20(13-9-18)33(29,30)26-23-7-3-2-6-22(23)24(28)25-19-10-14-21(15-11-19)34(31,32)27-16-4-5-17-27/h2-3,6-15,26H,4-5,16-17H2,1H3,(H,25,28). The zero-order valence-electron chi connectivity index (χ0n) is 18.6. The van der Waals surface area contributed by atoms with Crippen LogP contribution in [0.3, 0.4) is 0 Å². The van der Waals surface area contributed by atoms with E-state index in [2.05, 4.69) is 10.0 Å². The van der Waals surface area contributed by atoms with E-state index in [1.807, 2.05) is 6.92 Å². The van der Waals surface area contributed by atoms with Crippen molar-refractivity contribution >= 4 is 37.3 Å². The second kappa shape index (κ2) is 9.57. The fraction of sp³-hybridized carbons (Fsp3) is 0.208. The summed E-state index contributed by atoms with van der Waals surface area (Å²) in [5.41, 5.74) is 1.58. The number of hydrogen-bond donors (Lipinski definition) is 2. The molecule has 178 valence electrons. The molecule has 8 nitrogen and oxygen atoms in total. The van der Waals surface area contributed by atoms with Crippen LogP contribution in [0.1, 0.15) is 28.8 Å². The normalized spacial score (nSPS) is 14.6. The van der Waals surface area contributed by atoms with Crippen LogP contribution >= 0.6 is 0 Å². The third-order valence-electron chi connectivity index (χ3n) is 5.56. The van der Waals surface area contributed by atoms with E-state index in [0.29, 0.717) is 18.8 Å². The number of sulfonamides is 2. The zero-order chi connectivity index (χ0) is 24.3. The van der Waals surface area contributed by atoms with Gasteiger partial charge in [-0.3, -0.25) is 9.52 Å². The summed E-state index contributed by atoms with van der Waals surface area (Å²) in [6.07, 6.45) is 1.70. The molecule has 1 saturated heterocycles. The Kier molecular flexibility index (Phi) is 6.74. The molecule has 0 saturated carbocycles. The van der Waals surface area contributed by atoms with Gasteiger partial charge in [0, 0.05) is 18.8 Å². The minimum atomic E-state index is -3.89. The Morgan fingerprint density at radius 1 is 0.794 bits per heavy atom. The van der Waals surface area contributed by atoms with Crippen LogP contribution in [0.25, 0.3) is 0 Å². The molecular formula is C24H25N3O5S2. The van der Waals surface area contributed by atoms with Crippen molar-refractivity contribution in [3.8, 4) is 0 Å². The number of aryl methyl sites for hydroxylation is 1. The second-order valence-corrected chi connectivity index (χ2v) is 11.7. The minimum Gasteiger partial charge on any atom is -0.322 e. The molecule has 4 rings (SSSR count). The Bertz CT molecular complexity index is 1400. The largest absolute Gasteiger partial charge is 0.322 e. The number of para-hydroxylation sites is 1. The van der Waals surface area contributed by atoms with Gasteiger partial charge in [0.05, 0.1) is 21.0 Å². The van der Waals surface area contributed by atoms with Crippen LogP contribution in [0.5, 0.6) is 0 Å². The molecule has 1 aliphatic heterocycles. The number of benzene rings is 3. The average molecular weight is 500 g/mol. The summed E-state index contributed by atoms with van der Waals surface area (Å²) in [6.45, 7) is 2.88. The minimum absolute atomic E-state index is 0.0862. The maximum atomic E-state index is 12.9. The third-order valence-corrected chi connectivity index (χ3v) is 8.86. The first-order chi connectivity index (χ1) is 16.2. The van der Waals surface area contributed by atoms with Gasteiger partial charge in [-0.15, -0.1) is 0 Å². The first kappa shape index (κ1) is 23.9. The highest BCUT2D eigenvalue weighted by Gasteiger charge is 2.27. The summed E-state index contributed by atoms with van der Waals surface area (Å²) in [6, 6.07) is 18.6. The molecule has 1 aliphatic rings. The Hall–Kier alpha value is -3.21. The summed E-state index contributed by atoms with van der Waals surface area (Å²) in [7, 11) is -7.44. The Labute approximate surface area is 199 Å². The molecule has 3 aromatic rings. The molecule has 1 fully saturated rings.